The van der Waals surface area contributed by atoms with Gasteiger partial charge in [0, 0.05) is 10.9 Å². The number of hydrogen-bond donors (Lipinski definition) is 1. The van der Waals surface area contributed by atoms with Gasteiger partial charge in [-0.1, -0.05) is 0 Å². The van der Waals surface area contributed by atoms with Crippen LogP contribution in [-0.2, 0) is 19.5 Å². The van der Waals surface area contributed by atoms with E-state index in [1.54, 1.807) is 6.07 Å². The van der Waals surface area contributed by atoms with E-state index < -0.39 is 33.8 Å². The molecule has 0 fully saturated rings. The molecule has 1 N–H and O–H groups in total. The molecule has 1 aliphatic heterocycles. The van der Waals surface area contributed by atoms with Gasteiger partial charge in [0.25, 0.3) is 0 Å². The second kappa shape index (κ2) is 8.52. The molecule has 3 rings (SSSR count). The first kappa shape index (κ1) is 21.3. The highest BCUT2D eigenvalue weighted by molar-refractivity contribution is 7.99. The van der Waals surface area contributed by atoms with Crippen molar-refractivity contribution in [3.05, 3.63) is 58.9 Å². The van der Waals surface area contributed by atoms with Gasteiger partial charge < -0.3 is 9.47 Å². The van der Waals surface area contributed by atoms with Crippen molar-refractivity contribution in [3.8, 4) is 0 Å². The number of esters is 2. The van der Waals surface area contributed by atoms with Crippen LogP contribution in [0.5, 0.6) is 0 Å². The van der Waals surface area contributed by atoms with Crippen LogP contribution in [0, 0.1) is 5.82 Å². The third-order valence-electron chi connectivity index (χ3n) is 4.37. The summed E-state index contributed by atoms with van der Waals surface area (Å²) in [6.07, 6.45) is 0.459. The van der Waals surface area contributed by atoms with Gasteiger partial charge in [-0.05, 0) is 54.1 Å². The molecule has 29 heavy (non-hydrogen) atoms. The Morgan fingerprint density at radius 1 is 1.07 bits per heavy atom. The summed E-state index contributed by atoms with van der Waals surface area (Å²) in [5.74, 6) is -1.40. The van der Waals surface area contributed by atoms with Crippen molar-refractivity contribution >= 4 is 33.7 Å². The van der Waals surface area contributed by atoms with Crippen LogP contribution in [0.25, 0.3) is 0 Å². The molecule has 0 amide bonds. The lowest BCUT2D eigenvalue weighted by Gasteiger charge is -2.26. The van der Waals surface area contributed by atoms with Gasteiger partial charge in [0.05, 0.1) is 30.2 Å². The predicted molar refractivity (Wildman–Crippen MR) is 104 cm³/mol. The fraction of sp³-hybridized carbons (Fsp3) is 0.263. The summed E-state index contributed by atoms with van der Waals surface area (Å²) in [6, 6.07) is 7.03. The lowest BCUT2D eigenvalue weighted by Crippen LogP contribution is -2.31. The number of sulfonamides is 1. The molecule has 0 radical (unpaired) electrons. The van der Waals surface area contributed by atoms with Crippen molar-refractivity contribution in [1.82, 2.24) is 4.72 Å². The summed E-state index contributed by atoms with van der Waals surface area (Å²) in [5.41, 5.74) is 0.324. The highest BCUT2D eigenvalue weighted by Gasteiger charge is 2.28. The zero-order valence-electron chi connectivity index (χ0n) is 15.6. The van der Waals surface area contributed by atoms with E-state index in [0.717, 1.165) is 31.2 Å². The number of ether oxygens (including phenoxy) is 2. The maximum absolute atomic E-state index is 13.7. The molecule has 0 spiro atoms. The first-order chi connectivity index (χ1) is 13.7. The van der Waals surface area contributed by atoms with Crippen LogP contribution in [0.1, 0.15) is 38.7 Å². The molecular weight excluding hydrogens is 421 g/mol. The Morgan fingerprint density at radius 2 is 1.69 bits per heavy atom. The number of thioether (sulfide) groups is 1. The van der Waals surface area contributed by atoms with Crippen LogP contribution in [0.4, 0.5) is 4.39 Å². The summed E-state index contributed by atoms with van der Waals surface area (Å²) in [4.78, 5) is 24.3. The Morgan fingerprint density at radius 3 is 2.28 bits per heavy atom. The quantitative estimate of drug-likeness (QED) is 0.715. The van der Waals surface area contributed by atoms with Crippen LogP contribution in [-0.4, -0.2) is 40.3 Å². The molecule has 1 aliphatic rings. The number of benzene rings is 2. The van der Waals surface area contributed by atoms with Crippen molar-refractivity contribution < 1.29 is 31.9 Å². The Kier molecular flexibility index (Phi) is 6.25. The average Bonchev–Trinajstić information content (AvgIpc) is 2.72. The minimum atomic E-state index is -4.14. The Hall–Kier alpha value is -2.43. The van der Waals surface area contributed by atoms with Gasteiger partial charge in [-0.2, -0.15) is 0 Å². The topological polar surface area (TPSA) is 98.8 Å². The van der Waals surface area contributed by atoms with Crippen LogP contribution >= 0.6 is 11.8 Å². The van der Waals surface area contributed by atoms with Crippen LogP contribution < -0.4 is 4.72 Å². The highest BCUT2D eigenvalue weighted by Crippen LogP contribution is 2.37. The fourth-order valence-corrected chi connectivity index (χ4v) is 5.39. The zero-order valence-corrected chi connectivity index (χ0v) is 17.2. The van der Waals surface area contributed by atoms with Crippen molar-refractivity contribution in [2.45, 2.75) is 22.3 Å². The minimum Gasteiger partial charge on any atom is -0.465 e. The van der Waals surface area contributed by atoms with Crippen LogP contribution in [0.3, 0.4) is 0 Å². The average molecular weight is 439 g/mol. The summed E-state index contributed by atoms with van der Waals surface area (Å²) < 4.78 is 51.5. The molecule has 0 unspecified atom stereocenters. The first-order valence-corrected chi connectivity index (χ1v) is 11.0. The molecule has 0 aromatic heterocycles. The lowest BCUT2D eigenvalue weighted by atomic mass is 10.0. The number of fused-ring (bicyclic) bond motifs is 1. The molecule has 154 valence electrons. The number of carbonyl (C=O) groups is 2. The second-order valence-electron chi connectivity index (χ2n) is 6.22. The Bertz CT molecular complexity index is 1040. The molecule has 7 nitrogen and oxygen atoms in total. The number of hydrogen-bond acceptors (Lipinski definition) is 7. The number of carbonyl (C=O) groups excluding carboxylic acids is 2. The van der Waals surface area contributed by atoms with Gasteiger partial charge in [0.2, 0.25) is 10.0 Å². The lowest BCUT2D eigenvalue weighted by molar-refractivity contribution is 0.0598. The van der Waals surface area contributed by atoms with Gasteiger partial charge in [0.1, 0.15) is 5.82 Å². The predicted octanol–water partition coefficient (Wildman–Crippen LogP) is 2.91. The van der Waals surface area contributed by atoms with Gasteiger partial charge in [-0.15, -0.1) is 11.8 Å². The van der Waals surface area contributed by atoms with Gasteiger partial charge >= 0.3 is 11.9 Å². The number of methoxy groups -OCH3 is 2. The minimum absolute atomic E-state index is 0.110. The molecule has 1 atom stereocenters. The molecule has 0 bridgehead atoms. The Balaban J connectivity index is 2.01. The van der Waals surface area contributed by atoms with Crippen molar-refractivity contribution in [3.63, 3.8) is 0 Å². The highest BCUT2D eigenvalue weighted by atomic mass is 32.2. The normalized spacial score (nSPS) is 16.0. The van der Waals surface area contributed by atoms with E-state index in [2.05, 4.69) is 14.2 Å². The van der Waals surface area contributed by atoms with E-state index in [-0.39, 0.29) is 16.0 Å². The van der Waals surface area contributed by atoms with E-state index in [1.165, 1.54) is 30.0 Å². The molecule has 1 heterocycles. The molecule has 10 heteroatoms. The van der Waals surface area contributed by atoms with Crippen molar-refractivity contribution in [1.29, 1.82) is 0 Å². The second-order valence-corrected chi connectivity index (χ2v) is 9.07. The Labute approximate surface area is 171 Å². The third kappa shape index (κ3) is 4.60. The SMILES string of the molecule is COC(=O)c1cc(C(=O)OC)cc(S(=O)(=O)N[C@H]2CCSc3ccc(F)cc32)c1. The molecule has 2 aromatic rings. The number of nitrogens with one attached hydrogen (secondary N) is 1. The van der Waals surface area contributed by atoms with E-state index in [0.29, 0.717) is 17.7 Å². The van der Waals surface area contributed by atoms with Crippen LogP contribution in [0.2, 0.25) is 0 Å². The monoisotopic (exact) mass is 439 g/mol. The zero-order chi connectivity index (χ0) is 21.2. The summed E-state index contributed by atoms with van der Waals surface area (Å²) in [5, 5.41) is 0. The molecule has 2 aromatic carbocycles. The van der Waals surface area contributed by atoms with Crippen molar-refractivity contribution in [2.75, 3.05) is 20.0 Å². The summed E-state index contributed by atoms with van der Waals surface area (Å²) in [7, 11) is -1.85. The van der Waals surface area contributed by atoms with Crippen molar-refractivity contribution in [2.24, 2.45) is 0 Å². The number of halogens is 1. The van der Waals surface area contributed by atoms with E-state index >= 15 is 0 Å². The van der Waals surface area contributed by atoms with Gasteiger partial charge in [-0.3, -0.25) is 0 Å². The van der Waals surface area contributed by atoms with E-state index in [4.69, 9.17) is 0 Å². The summed E-state index contributed by atoms with van der Waals surface area (Å²) in [6.45, 7) is 0. The first-order valence-electron chi connectivity index (χ1n) is 8.51. The van der Waals surface area contributed by atoms with Crippen LogP contribution in [0.15, 0.2) is 46.2 Å². The standard InChI is InChI=1S/C19H18FNO6S2/c1-26-18(22)11-7-12(19(23)27-2)9-14(8-11)29(24,25)21-16-5-6-28-17-4-3-13(20)10-15(16)17/h3-4,7-10,16,21H,5-6H2,1-2H3/t16-/m0/s1. The smallest absolute Gasteiger partial charge is 0.337 e. The molecule has 0 saturated carbocycles. The molecular formula is C19H18FNO6S2. The van der Waals surface area contributed by atoms with E-state index in [9.17, 15) is 22.4 Å². The molecule has 0 saturated heterocycles. The maximum atomic E-state index is 13.7. The van der Waals surface area contributed by atoms with Gasteiger partial charge in [-0.25, -0.2) is 27.1 Å². The maximum Gasteiger partial charge on any atom is 0.337 e. The van der Waals surface area contributed by atoms with Gasteiger partial charge in [0.15, 0.2) is 0 Å². The molecule has 0 aliphatic carbocycles. The summed E-state index contributed by atoms with van der Waals surface area (Å²) >= 11 is 1.52. The fourth-order valence-electron chi connectivity index (χ4n) is 2.97. The van der Waals surface area contributed by atoms with E-state index in [1.807, 2.05) is 0 Å². The number of rotatable bonds is 5. The largest absolute Gasteiger partial charge is 0.465 e. The third-order valence-corrected chi connectivity index (χ3v) is 6.94.